The Hall–Kier alpha value is -3.16. The maximum absolute atomic E-state index is 13.0. The van der Waals surface area contributed by atoms with Crippen LogP contribution in [0.2, 0.25) is 0 Å². The van der Waals surface area contributed by atoms with Crippen molar-refractivity contribution in [2.45, 2.75) is 269 Å². The van der Waals surface area contributed by atoms with E-state index in [1.54, 1.807) is 6.08 Å². The van der Waals surface area contributed by atoms with Gasteiger partial charge in [-0.25, -0.2) is 0 Å². The summed E-state index contributed by atoms with van der Waals surface area (Å²) in [5, 5.41) is 54.3. The van der Waals surface area contributed by atoms with E-state index in [-0.39, 0.29) is 18.5 Å². The van der Waals surface area contributed by atoms with Crippen LogP contribution >= 0.6 is 0 Å². The summed E-state index contributed by atoms with van der Waals surface area (Å²) in [5.74, 6) is -0.266. The lowest BCUT2D eigenvalue weighted by Gasteiger charge is -2.40. The highest BCUT2D eigenvalue weighted by molar-refractivity contribution is 5.76. The molecule has 11 nitrogen and oxygen atoms in total. The lowest BCUT2D eigenvalue weighted by molar-refractivity contribution is -0.302. The van der Waals surface area contributed by atoms with Crippen molar-refractivity contribution >= 4 is 11.9 Å². The zero-order chi connectivity index (χ0) is 52.4. The van der Waals surface area contributed by atoms with Gasteiger partial charge in [0.1, 0.15) is 24.4 Å². The Morgan fingerprint density at radius 3 is 1.51 bits per heavy atom. The number of aliphatic hydroxyl groups is 5. The summed E-state index contributed by atoms with van der Waals surface area (Å²) in [6.07, 6.45) is 56.6. The number of allylic oxidation sites excluding steroid dienone is 13. The first-order chi connectivity index (χ1) is 35.2. The third-order valence-corrected chi connectivity index (χ3v) is 12.9. The second-order valence-corrected chi connectivity index (χ2v) is 19.6. The van der Waals surface area contributed by atoms with Crippen molar-refractivity contribution < 1.29 is 49.3 Å². The molecular formula is C61H105NO10. The van der Waals surface area contributed by atoms with Crippen LogP contribution < -0.4 is 5.32 Å². The summed E-state index contributed by atoms with van der Waals surface area (Å²) < 4.78 is 16.6. The number of unbranched alkanes of at least 4 members (excludes halogenated alkanes) is 22. The molecule has 0 radical (unpaired) electrons. The third kappa shape index (κ3) is 39.3. The van der Waals surface area contributed by atoms with Gasteiger partial charge in [-0.1, -0.05) is 176 Å². The summed E-state index contributed by atoms with van der Waals surface area (Å²) in [4.78, 5) is 25.1. The smallest absolute Gasteiger partial charge is 0.305 e. The minimum absolute atomic E-state index is 0.0503. The van der Waals surface area contributed by atoms with Crippen molar-refractivity contribution in [1.82, 2.24) is 5.32 Å². The number of hydrogen-bond donors (Lipinski definition) is 6. The molecule has 1 heterocycles. The molecule has 1 fully saturated rings. The van der Waals surface area contributed by atoms with Crippen LogP contribution in [0.5, 0.6) is 0 Å². The molecule has 0 aromatic heterocycles. The van der Waals surface area contributed by atoms with Gasteiger partial charge >= 0.3 is 5.97 Å². The lowest BCUT2D eigenvalue weighted by Crippen LogP contribution is -2.60. The van der Waals surface area contributed by atoms with Crippen molar-refractivity contribution in [1.29, 1.82) is 0 Å². The van der Waals surface area contributed by atoms with Gasteiger partial charge in [0.15, 0.2) is 6.29 Å². The van der Waals surface area contributed by atoms with Gasteiger partial charge in [-0.05, 0) is 122 Å². The van der Waals surface area contributed by atoms with E-state index in [4.69, 9.17) is 14.2 Å². The topological polar surface area (TPSA) is 175 Å². The van der Waals surface area contributed by atoms with Gasteiger partial charge in [0, 0.05) is 12.8 Å². The summed E-state index contributed by atoms with van der Waals surface area (Å²) in [7, 11) is 0. The van der Waals surface area contributed by atoms with E-state index < -0.39 is 49.5 Å². The normalized spacial score (nSPS) is 19.7. The first kappa shape index (κ1) is 66.9. The molecule has 0 aliphatic carbocycles. The maximum Gasteiger partial charge on any atom is 0.305 e. The van der Waals surface area contributed by atoms with Gasteiger partial charge < -0.3 is 45.1 Å². The molecule has 0 spiro atoms. The lowest BCUT2D eigenvalue weighted by atomic mass is 9.99. The highest BCUT2D eigenvalue weighted by atomic mass is 16.7. The number of carbonyl (C=O) groups excluding carboxylic acids is 2. The van der Waals surface area contributed by atoms with Gasteiger partial charge in [0.05, 0.1) is 32.0 Å². The summed E-state index contributed by atoms with van der Waals surface area (Å²) in [6.45, 7) is 4.15. The van der Waals surface area contributed by atoms with Crippen LogP contribution in [-0.4, -0.2) is 100 Å². The molecule has 0 aromatic rings. The molecule has 0 saturated carbocycles. The van der Waals surface area contributed by atoms with Gasteiger partial charge in [-0.15, -0.1) is 0 Å². The summed E-state index contributed by atoms with van der Waals surface area (Å²) >= 11 is 0. The Kier molecular flexibility index (Phi) is 46.4. The van der Waals surface area contributed by atoms with Crippen LogP contribution in [-0.2, 0) is 23.8 Å². The van der Waals surface area contributed by atoms with Gasteiger partial charge in [0.2, 0.25) is 5.91 Å². The van der Waals surface area contributed by atoms with Crippen LogP contribution in [0.3, 0.4) is 0 Å². The van der Waals surface area contributed by atoms with Crippen molar-refractivity contribution in [3.63, 3.8) is 0 Å². The Bertz CT molecular complexity index is 1470. The summed E-state index contributed by atoms with van der Waals surface area (Å²) in [6, 6.07) is -0.850. The van der Waals surface area contributed by atoms with Crippen LogP contribution in [0.25, 0.3) is 0 Å². The fourth-order valence-electron chi connectivity index (χ4n) is 8.30. The molecule has 11 heteroatoms. The molecule has 1 rings (SSSR count). The first-order valence-electron chi connectivity index (χ1n) is 28.9. The average Bonchev–Trinajstić information content (AvgIpc) is 3.38. The molecule has 72 heavy (non-hydrogen) atoms. The SMILES string of the molecule is CCC/C=C\C/C=C\CCCCCCCC(=O)OCCCCC/C=C\C/C=C\CCCCCCCCCC(=O)NC(COC1OC(CO)C(O)C(O)C1O)C(O)/C=C/CC/C=C/CC/C=C/CCCCCC. The second-order valence-electron chi connectivity index (χ2n) is 19.6. The third-order valence-electron chi connectivity index (χ3n) is 12.9. The number of aliphatic hydroxyl groups excluding tert-OH is 5. The van der Waals surface area contributed by atoms with E-state index >= 15 is 0 Å². The molecule has 0 aromatic carbocycles. The average molecular weight is 1010 g/mol. The van der Waals surface area contributed by atoms with Crippen molar-refractivity contribution in [3.8, 4) is 0 Å². The molecule has 1 amide bonds. The minimum atomic E-state index is -1.59. The minimum Gasteiger partial charge on any atom is -0.466 e. The number of carbonyl (C=O) groups is 2. The Morgan fingerprint density at radius 2 is 0.972 bits per heavy atom. The summed E-state index contributed by atoms with van der Waals surface area (Å²) in [5.41, 5.74) is 0. The zero-order valence-electron chi connectivity index (χ0n) is 45.4. The molecule has 0 bridgehead atoms. The van der Waals surface area contributed by atoms with E-state index in [9.17, 15) is 35.1 Å². The molecule has 6 N–H and O–H groups in total. The molecule has 1 aliphatic rings. The van der Waals surface area contributed by atoms with Crippen LogP contribution in [0.4, 0.5) is 0 Å². The molecule has 1 saturated heterocycles. The zero-order valence-corrected chi connectivity index (χ0v) is 45.4. The second kappa shape index (κ2) is 50.0. The van der Waals surface area contributed by atoms with E-state index in [2.05, 4.69) is 92.1 Å². The highest BCUT2D eigenvalue weighted by Gasteiger charge is 2.44. The predicted octanol–water partition coefficient (Wildman–Crippen LogP) is 13.0. The van der Waals surface area contributed by atoms with E-state index in [1.165, 1.54) is 70.6 Å². The Morgan fingerprint density at radius 1 is 0.514 bits per heavy atom. The number of rotatable bonds is 48. The number of amides is 1. The maximum atomic E-state index is 13.0. The van der Waals surface area contributed by atoms with Crippen molar-refractivity contribution in [2.24, 2.45) is 0 Å². The Labute approximate surface area is 438 Å². The molecule has 7 atom stereocenters. The fraction of sp³-hybridized carbons (Fsp3) is 0.738. The van der Waals surface area contributed by atoms with E-state index in [1.807, 2.05) is 6.08 Å². The number of nitrogens with one attached hydrogen (secondary N) is 1. The van der Waals surface area contributed by atoms with Gasteiger partial charge in [0.25, 0.3) is 0 Å². The predicted molar refractivity (Wildman–Crippen MR) is 296 cm³/mol. The van der Waals surface area contributed by atoms with Crippen LogP contribution in [0, 0.1) is 0 Å². The van der Waals surface area contributed by atoms with Gasteiger partial charge in [-0.3, -0.25) is 9.59 Å². The molecule has 1 aliphatic heterocycles. The van der Waals surface area contributed by atoms with E-state index in [0.717, 1.165) is 122 Å². The van der Waals surface area contributed by atoms with Gasteiger partial charge in [-0.2, -0.15) is 0 Å². The molecular weight excluding hydrogens is 907 g/mol. The Balaban J connectivity index is 2.18. The standard InChI is InChI=1S/C61H105NO10/c1-3-5-7-9-11-13-15-17-24-27-31-35-39-43-47-54(64)53(52-71-61-60(69)59(68)58(67)55(51-63)72-61)62-56(65)48-44-40-36-32-28-25-21-19-18-20-22-26-30-34-38-42-46-50-70-57(66)49-45-41-37-33-29-23-16-14-12-10-8-6-4-2/h8,10,13-16,18,20,26-27,30-31,43,47,53-55,58-61,63-64,67-69H,3-7,9,11-12,17,19,21-25,28-29,32-42,44-46,48-52H2,1-2H3,(H,62,65)/b10-8-,15-13+,16-14-,20-18-,30-26-,31-27+,47-43+. The van der Waals surface area contributed by atoms with Crippen LogP contribution in [0.1, 0.15) is 226 Å². The monoisotopic (exact) mass is 1010 g/mol. The number of esters is 1. The number of ether oxygens (including phenoxy) is 3. The first-order valence-corrected chi connectivity index (χ1v) is 28.9. The van der Waals surface area contributed by atoms with Crippen molar-refractivity contribution in [2.75, 3.05) is 19.8 Å². The molecule has 414 valence electrons. The fourth-order valence-corrected chi connectivity index (χ4v) is 8.30. The number of hydrogen-bond acceptors (Lipinski definition) is 10. The van der Waals surface area contributed by atoms with E-state index in [0.29, 0.717) is 25.9 Å². The van der Waals surface area contributed by atoms with Crippen molar-refractivity contribution in [3.05, 3.63) is 85.1 Å². The quantitative estimate of drug-likeness (QED) is 0.0195. The van der Waals surface area contributed by atoms with Crippen LogP contribution in [0.15, 0.2) is 85.1 Å². The highest BCUT2D eigenvalue weighted by Crippen LogP contribution is 2.23. The largest absolute Gasteiger partial charge is 0.466 e. The molecule has 7 unspecified atom stereocenters.